The number of nitrogens with zero attached hydrogens (tertiary/aromatic N) is 3. The topological polar surface area (TPSA) is 73.3 Å². The average Bonchev–Trinajstić information content (AvgIpc) is 2.61. The molecule has 2 rings (SSSR count). The number of nitrogen functional groups attached to an aromatic ring is 1. The molecule has 0 aliphatic rings. The zero-order valence-corrected chi connectivity index (χ0v) is 7.59. The number of anilines is 1. The van der Waals surface area contributed by atoms with Gasteiger partial charge in [0.25, 0.3) is 0 Å². The molecular formula is C9H7FN4O. The van der Waals surface area contributed by atoms with Crippen molar-refractivity contribution in [3.8, 4) is 5.69 Å². The van der Waals surface area contributed by atoms with E-state index in [4.69, 9.17) is 5.73 Å². The van der Waals surface area contributed by atoms with Gasteiger partial charge in [-0.1, -0.05) is 0 Å². The number of benzene rings is 1. The fraction of sp³-hybridized carbons (Fsp3) is 0. The van der Waals surface area contributed by atoms with Crippen LogP contribution in [-0.2, 0) is 0 Å². The zero-order chi connectivity index (χ0) is 10.8. The fourth-order valence-corrected chi connectivity index (χ4v) is 1.21. The summed E-state index contributed by atoms with van der Waals surface area (Å²) < 4.78 is 14.0. The molecule has 0 saturated carbocycles. The number of rotatable bonds is 2. The van der Waals surface area contributed by atoms with E-state index in [0.717, 1.165) is 0 Å². The van der Waals surface area contributed by atoms with Crippen LogP contribution in [0.2, 0.25) is 0 Å². The molecule has 1 heterocycles. The molecule has 0 radical (unpaired) electrons. The van der Waals surface area contributed by atoms with Crippen molar-refractivity contribution < 1.29 is 4.39 Å². The normalized spacial score (nSPS) is 10.2. The van der Waals surface area contributed by atoms with Gasteiger partial charge >= 0.3 is 0 Å². The molecule has 2 aromatic rings. The molecule has 0 amide bonds. The summed E-state index contributed by atoms with van der Waals surface area (Å²) in [5, 5.41) is 6.56. The maximum atomic E-state index is 12.6. The summed E-state index contributed by atoms with van der Waals surface area (Å²) in [5.41, 5.74) is 6.24. The van der Waals surface area contributed by atoms with Crippen LogP contribution in [0.25, 0.3) is 5.69 Å². The van der Waals surface area contributed by atoms with Gasteiger partial charge in [0.1, 0.15) is 5.82 Å². The van der Waals surface area contributed by atoms with Crippen molar-refractivity contribution in [3.63, 3.8) is 0 Å². The first kappa shape index (κ1) is 9.32. The minimum absolute atomic E-state index is 0.0688. The van der Waals surface area contributed by atoms with E-state index in [1.54, 1.807) is 0 Å². The van der Waals surface area contributed by atoms with Crippen molar-refractivity contribution in [1.82, 2.24) is 9.78 Å². The third kappa shape index (κ3) is 1.56. The smallest absolute Gasteiger partial charge is 0.170 e. The SMILES string of the molecule is Nc1c(N=O)cnn1-c1ccc(F)cc1. The highest BCUT2D eigenvalue weighted by Crippen LogP contribution is 2.23. The van der Waals surface area contributed by atoms with Gasteiger partial charge in [-0.2, -0.15) is 5.10 Å². The number of nitrogens with two attached hydrogens (primary N) is 1. The van der Waals surface area contributed by atoms with Gasteiger partial charge in [0.2, 0.25) is 0 Å². The van der Waals surface area contributed by atoms with Gasteiger partial charge in [-0.05, 0) is 29.4 Å². The van der Waals surface area contributed by atoms with E-state index in [2.05, 4.69) is 10.3 Å². The van der Waals surface area contributed by atoms with E-state index in [1.807, 2.05) is 0 Å². The summed E-state index contributed by atoms with van der Waals surface area (Å²) in [7, 11) is 0. The van der Waals surface area contributed by atoms with Crippen LogP contribution in [0, 0.1) is 10.7 Å². The summed E-state index contributed by atoms with van der Waals surface area (Å²) in [5.74, 6) is -0.213. The Hall–Kier alpha value is -2.24. The quantitative estimate of drug-likeness (QED) is 0.763. The number of hydrogen-bond acceptors (Lipinski definition) is 4. The fourth-order valence-electron chi connectivity index (χ4n) is 1.21. The number of halogens is 1. The first-order valence-electron chi connectivity index (χ1n) is 4.15. The molecule has 1 aromatic carbocycles. The number of nitroso groups, excluding NO2 is 1. The van der Waals surface area contributed by atoms with E-state index >= 15 is 0 Å². The number of hydrogen-bond donors (Lipinski definition) is 1. The molecule has 6 heteroatoms. The predicted octanol–water partition coefficient (Wildman–Crippen LogP) is 1.99. The molecule has 5 nitrogen and oxygen atoms in total. The second-order valence-corrected chi connectivity index (χ2v) is 2.89. The van der Waals surface area contributed by atoms with Gasteiger partial charge in [0.15, 0.2) is 11.5 Å². The van der Waals surface area contributed by atoms with Crippen molar-refractivity contribution in [2.75, 3.05) is 5.73 Å². The Kier molecular flexibility index (Phi) is 2.17. The van der Waals surface area contributed by atoms with E-state index < -0.39 is 0 Å². The predicted molar refractivity (Wildman–Crippen MR) is 53.4 cm³/mol. The Bertz CT molecular complexity index is 491. The molecule has 0 unspecified atom stereocenters. The molecule has 0 atom stereocenters. The molecule has 0 fully saturated rings. The Morgan fingerprint density at radius 3 is 2.53 bits per heavy atom. The highest BCUT2D eigenvalue weighted by atomic mass is 19.1. The van der Waals surface area contributed by atoms with Crippen LogP contribution in [0.5, 0.6) is 0 Å². The Labute approximate surface area is 84.3 Å². The van der Waals surface area contributed by atoms with Crippen molar-refractivity contribution in [1.29, 1.82) is 0 Å². The van der Waals surface area contributed by atoms with Gasteiger partial charge in [-0.3, -0.25) is 0 Å². The average molecular weight is 206 g/mol. The monoisotopic (exact) mass is 206 g/mol. The van der Waals surface area contributed by atoms with Crippen molar-refractivity contribution >= 4 is 11.5 Å². The highest BCUT2D eigenvalue weighted by molar-refractivity contribution is 5.59. The molecule has 15 heavy (non-hydrogen) atoms. The lowest BCUT2D eigenvalue weighted by Crippen LogP contribution is -2.01. The Balaban J connectivity index is 2.49. The standard InChI is InChI=1S/C9H7FN4O/c10-6-1-3-7(4-2-6)14-9(11)8(13-15)5-12-14/h1-5H,11H2. The van der Waals surface area contributed by atoms with E-state index in [-0.39, 0.29) is 17.3 Å². The minimum Gasteiger partial charge on any atom is -0.382 e. The highest BCUT2D eigenvalue weighted by Gasteiger charge is 2.08. The van der Waals surface area contributed by atoms with E-state index in [1.165, 1.54) is 35.1 Å². The van der Waals surface area contributed by atoms with Gasteiger partial charge in [0, 0.05) is 0 Å². The third-order valence-corrected chi connectivity index (χ3v) is 1.96. The van der Waals surface area contributed by atoms with E-state index in [0.29, 0.717) is 5.69 Å². The van der Waals surface area contributed by atoms with Crippen LogP contribution in [-0.4, -0.2) is 9.78 Å². The van der Waals surface area contributed by atoms with Crippen molar-refractivity contribution in [2.45, 2.75) is 0 Å². The molecule has 0 bridgehead atoms. The lowest BCUT2D eigenvalue weighted by Gasteiger charge is -2.02. The largest absolute Gasteiger partial charge is 0.382 e. The summed E-state index contributed by atoms with van der Waals surface area (Å²) in [6.45, 7) is 0. The molecule has 1 aromatic heterocycles. The summed E-state index contributed by atoms with van der Waals surface area (Å²) >= 11 is 0. The summed E-state index contributed by atoms with van der Waals surface area (Å²) in [4.78, 5) is 10.3. The molecule has 0 aliphatic carbocycles. The molecule has 76 valence electrons. The second-order valence-electron chi connectivity index (χ2n) is 2.89. The lowest BCUT2D eigenvalue weighted by molar-refractivity contribution is 0.627. The van der Waals surface area contributed by atoms with Crippen LogP contribution >= 0.6 is 0 Å². The zero-order valence-electron chi connectivity index (χ0n) is 7.59. The summed E-state index contributed by atoms with van der Waals surface area (Å²) in [6.07, 6.45) is 1.26. The van der Waals surface area contributed by atoms with E-state index in [9.17, 15) is 9.30 Å². The van der Waals surface area contributed by atoms with Crippen molar-refractivity contribution in [2.24, 2.45) is 5.18 Å². The summed E-state index contributed by atoms with van der Waals surface area (Å²) in [6, 6.07) is 5.58. The first-order chi connectivity index (χ1) is 7.22. The van der Waals surface area contributed by atoms with Gasteiger partial charge < -0.3 is 5.73 Å². The Morgan fingerprint density at radius 2 is 2.00 bits per heavy atom. The molecule has 2 N–H and O–H groups in total. The lowest BCUT2D eigenvalue weighted by atomic mass is 10.3. The molecule has 0 aliphatic heterocycles. The van der Waals surface area contributed by atoms with Gasteiger partial charge in [-0.15, -0.1) is 4.91 Å². The van der Waals surface area contributed by atoms with Gasteiger partial charge in [0.05, 0.1) is 11.9 Å². The maximum absolute atomic E-state index is 12.6. The number of aromatic nitrogens is 2. The van der Waals surface area contributed by atoms with Crippen LogP contribution in [0.4, 0.5) is 15.9 Å². The van der Waals surface area contributed by atoms with Gasteiger partial charge in [-0.25, -0.2) is 9.07 Å². The van der Waals surface area contributed by atoms with Crippen LogP contribution in [0.15, 0.2) is 35.6 Å². The minimum atomic E-state index is -0.349. The Morgan fingerprint density at radius 1 is 1.33 bits per heavy atom. The molecular weight excluding hydrogens is 199 g/mol. The van der Waals surface area contributed by atoms with Crippen LogP contribution in [0.3, 0.4) is 0 Å². The van der Waals surface area contributed by atoms with Crippen molar-refractivity contribution in [3.05, 3.63) is 41.2 Å². The second kappa shape index (κ2) is 3.49. The third-order valence-electron chi connectivity index (χ3n) is 1.96. The molecule has 0 spiro atoms. The van der Waals surface area contributed by atoms with Crippen LogP contribution in [0.1, 0.15) is 0 Å². The first-order valence-corrected chi connectivity index (χ1v) is 4.15. The molecule has 0 saturated heterocycles. The van der Waals surface area contributed by atoms with Crippen LogP contribution < -0.4 is 5.73 Å². The maximum Gasteiger partial charge on any atom is 0.170 e.